The van der Waals surface area contributed by atoms with E-state index in [1.54, 1.807) is 14.2 Å². The summed E-state index contributed by atoms with van der Waals surface area (Å²) in [5.74, 6) is 0.853. The highest BCUT2D eigenvalue weighted by atomic mass is 16.4. The van der Waals surface area contributed by atoms with Crippen LogP contribution >= 0.6 is 0 Å². The van der Waals surface area contributed by atoms with Crippen molar-refractivity contribution in [2.75, 3.05) is 0 Å². The van der Waals surface area contributed by atoms with Gasteiger partial charge in [-0.1, -0.05) is 18.2 Å². The maximum atomic E-state index is 5.26. The van der Waals surface area contributed by atoms with Gasteiger partial charge < -0.3 is 4.65 Å². The maximum absolute atomic E-state index is 5.26. The van der Waals surface area contributed by atoms with Crippen LogP contribution in [0.5, 0.6) is 5.75 Å². The van der Waals surface area contributed by atoms with Crippen molar-refractivity contribution in [3.05, 3.63) is 48.7 Å². The van der Waals surface area contributed by atoms with E-state index in [0.717, 1.165) is 17.0 Å². The zero-order chi connectivity index (χ0) is 9.80. The molecule has 2 rings (SSSR count). The lowest BCUT2D eigenvalue weighted by Crippen LogP contribution is -1.90. The summed E-state index contributed by atoms with van der Waals surface area (Å²) in [6, 6.07) is 13.7. The summed E-state index contributed by atoms with van der Waals surface area (Å²) in [6.45, 7) is 0. The summed E-state index contributed by atoms with van der Waals surface area (Å²) in [5, 5.41) is 0. The zero-order valence-electron chi connectivity index (χ0n) is 7.97. The van der Waals surface area contributed by atoms with E-state index in [-0.39, 0.29) is 0 Å². The molecule has 1 aromatic carbocycles. The molecule has 0 radical (unpaired) electrons. The molecule has 2 nitrogen and oxygen atoms in total. The van der Waals surface area contributed by atoms with Gasteiger partial charge in [-0.25, -0.2) is 0 Å². The molecule has 0 saturated heterocycles. The van der Waals surface area contributed by atoms with Gasteiger partial charge in [-0.05, 0) is 24.3 Å². The molecular weight excluding hydrogens is 173 g/mol. The quantitative estimate of drug-likeness (QED) is 0.660. The summed E-state index contributed by atoms with van der Waals surface area (Å²) in [6.07, 6.45) is 1.78. The molecule has 68 valence electrons. The Morgan fingerprint density at radius 1 is 1.00 bits per heavy atom. The van der Waals surface area contributed by atoms with E-state index in [1.165, 1.54) is 0 Å². The monoisotopic (exact) mass is 183 g/mol. The Balaban J connectivity index is 2.51. The number of hydrogen-bond acceptors (Lipinski definition) is 2. The predicted molar refractivity (Wildman–Crippen MR) is 58.8 cm³/mol. The van der Waals surface area contributed by atoms with E-state index in [1.807, 2.05) is 42.5 Å². The Labute approximate surface area is 84.0 Å². The molecule has 1 aromatic heterocycles. The van der Waals surface area contributed by atoms with Crippen LogP contribution in [-0.2, 0) is 0 Å². The highest BCUT2D eigenvalue weighted by Gasteiger charge is 2.03. The van der Waals surface area contributed by atoms with Crippen LogP contribution in [0.1, 0.15) is 0 Å². The molecule has 0 saturated carbocycles. The standard InChI is InChI=1S/C11H10BNO/c12-14-11-7-2-1-5-9(11)10-6-3-4-8-13-10/h1-8H,12H2. The van der Waals surface area contributed by atoms with Gasteiger partial charge in [0, 0.05) is 11.8 Å². The fraction of sp³-hybridized carbons (Fsp3) is 0. The van der Waals surface area contributed by atoms with E-state index in [4.69, 9.17) is 4.65 Å². The molecule has 0 atom stereocenters. The summed E-state index contributed by atoms with van der Waals surface area (Å²) in [5.41, 5.74) is 1.96. The lowest BCUT2D eigenvalue weighted by atomic mass is 10.1. The summed E-state index contributed by atoms with van der Waals surface area (Å²) >= 11 is 0. The minimum absolute atomic E-state index is 0.853. The fourth-order valence-corrected chi connectivity index (χ4v) is 1.38. The topological polar surface area (TPSA) is 22.1 Å². The van der Waals surface area contributed by atoms with Gasteiger partial charge in [0.2, 0.25) is 0 Å². The minimum atomic E-state index is 0.853. The number of para-hydroxylation sites is 1. The van der Waals surface area contributed by atoms with Gasteiger partial charge in [-0.2, -0.15) is 0 Å². The lowest BCUT2D eigenvalue weighted by Gasteiger charge is -2.07. The van der Waals surface area contributed by atoms with Crippen LogP contribution in [-0.4, -0.2) is 13.0 Å². The van der Waals surface area contributed by atoms with Gasteiger partial charge in [0.15, 0.2) is 0 Å². The first-order chi connectivity index (χ1) is 6.92. The first-order valence-corrected chi connectivity index (χ1v) is 4.46. The van der Waals surface area contributed by atoms with Gasteiger partial charge in [0.25, 0.3) is 0 Å². The molecule has 3 heteroatoms. The van der Waals surface area contributed by atoms with Gasteiger partial charge in [0.05, 0.1) is 5.69 Å². The van der Waals surface area contributed by atoms with E-state index < -0.39 is 0 Å². The summed E-state index contributed by atoms with van der Waals surface area (Å²) in [7, 11) is 1.67. The number of rotatable bonds is 2. The van der Waals surface area contributed by atoms with Gasteiger partial charge in [0.1, 0.15) is 5.75 Å². The zero-order valence-corrected chi connectivity index (χ0v) is 7.97. The highest BCUT2D eigenvalue weighted by Crippen LogP contribution is 2.27. The van der Waals surface area contributed by atoms with Crippen LogP contribution in [0.15, 0.2) is 48.7 Å². The molecule has 0 aliphatic rings. The van der Waals surface area contributed by atoms with Crippen LogP contribution in [0.25, 0.3) is 11.3 Å². The molecule has 0 aliphatic carbocycles. The Morgan fingerprint density at radius 2 is 1.79 bits per heavy atom. The first-order valence-electron chi connectivity index (χ1n) is 4.46. The van der Waals surface area contributed by atoms with Gasteiger partial charge in [-0.15, -0.1) is 0 Å². The third-order valence-corrected chi connectivity index (χ3v) is 2.05. The largest absolute Gasteiger partial charge is 0.567 e. The Bertz CT molecular complexity index is 417. The van der Waals surface area contributed by atoms with Crippen LogP contribution < -0.4 is 4.65 Å². The second-order valence-corrected chi connectivity index (χ2v) is 2.92. The third-order valence-electron chi connectivity index (χ3n) is 2.05. The van der Waals surface area contributed by atoms with E-state index >= 15 is 0 Å². The highest BCUT2D eigenvalue weighted by molar-refractivity contribution is 6.00. The van der Waals surface area contributed by atoms with Crippen LogP contribution in [0.2, 0.25) is 0 Å². The number of pyridine rings is 1. The minimum Gasteiger partial charge on any atom is -0.567 e. The lowest BCUT2D eigenvalue weighted by molar-refractivity contribution is 0.618. The molecule has 0 spiro atoms. The van der Waals surface area contributed by atoms with Crippen molar-refractivity contribution in [3.63, 3.8) is 0 Å². The molecule has 1 heterocycles. The van der Waals surface area contributed by atoms with E-state index in [2.05, 4.69) is 4.98 Å². The average Bonchev–Trinajstić information content (AvgIpc) is 2.30. The van der Waals surface area contributed by atoms with Gasteiger partial charge in [-0.3, -0.25) is 4.98 Å². The summed E-state index contributed by atoms with van der Waals surface area (Å²) in [4.78, 5) is 4.28. The van der Waals surface area contributed by atoms with Crippen LogP contribution in [0, 0.1) is 0 Å². The average molecular weight is 183 g/mol. The van der Waals surface area contributed by atoms with Crippen molar-refractivity contribution in [2.45, 2.75) is 0 Å². The van der Waals surface area contributed by atoms with Gasteiger partial charge >= 0.3 is 8.05 Å². The van der Waals surface area contributed by atoms with E-state index in [0.29, 0.717) is 0 Å². The van der Waals surface area contributed by atoms with Crippen molar-refractivity contribution in [1.29, 1.82) is 0 Å². The molecule has 0 aliphatic heterocycles. The maximum Gasteiger partial charge on any atom is 0.322 e. The normalized spacial score (nSPS) is 9.71. The Hall–Kier alpha value is -1.77. The molecule has 0 fully saturated rings. The second-order valence-electron chi connectivity index (χ2n) is 2.92. The van der Waals surface area contributed by atoms with Crippen molar-refractivity contribution in [2.24, 2.45) is 0 Å². The number of aromatic nitrogens is 1. The molecule has 0 bridgehead atoms. The number of nitrogens with zero attached hydrogens (tertiary/aromatic N) is 1. The predicted octanol–water partition coefficient (Wildman–Crippen LogP) is 1.68. The van der Waals surface area contributed by atoms with Crippen molar-refractivity contribution in [3.8, 4) is 17.0 Å². The number of benzene rings is 1. The molecule has 14 heavy (non-hydrogen) atoms. The Morgan fingerprint density at radius 3 is 2.50 bits per heavy atom. The fourth-order valence-electron chi connectivity index (χ4n) is 1.38. The molecule has 2 aromatic rings. The smallest absolute Gasteiger partial charge is 0.322 e. The molecular formula is C11H10BNO. The summed E-state index contributed by atoms with van der Waals surface area (Å²) < 4.78 is 5.26. The molecule has 0 unspecified atom stereocenters. The number of hydrogen-bond donors (Lipinski definition) is 0. The van der Waals surface area contributed by atoms with Crippen molar-refractivity contribution in [1.82, 2.24) is 4.98 Å². The van der Waals surface area contributed by atoms with Crippen LogP contribution in [0.4, 0.5) is 0 Å². The second kappa shape index (κ2) is 3.96. The molecule has 0 N–H and O–H groups in total. The van der Waals surface area contributed by atoms with E-state index in [9.17, 15) is 0 Å². The third kappa shape index (κ3) is 1.62. The molecule has 0 amide bonds. The van der Waals surface area contributed by atoms with Crippen molar-refractivity contribution < 1.29 is 4.65 Å². The SMILES string of the molecule is BOc1ccccc1-c1ccccn1. The first kappa shape index (κ1) is 8.82. The van der Waals surface area contributed by atoms with Crippen molar-refractivity contribution >= 4 is 8.05 Å². The Kier molecular flexibility index (Phi) is 2.50. The van der Waals surface area contributed by atoms with Crippen LogP contribution in [0.3, 0.4) is 0 Å².